The van der Waals surface area contributed by atoms with Crippen LogP contribution >= 0.6 is 0 Å². The molecule has 4 heteroatoms. The van der Waals surface area contributed by atoms with Crippen LogP contribution in [0.15, 0.2) is 42.7 Å². The summed E-state index contributed by atoms with van der Waals surface area (Å²) in [5.74, 6) is 0. The highest BCUT2D eigenvalue weighted by Crippen LogP contribution is 2.04. The van der Waals surface area contributed by atoms with Gasteiger partial charge in [-0.25, -0.2) is 0 Å². The first kappa shape index (κ1) is 12.7. The van der Waals surface area contributed by atoms with Gasteiger partial charge in [-0.05, 0) is 29.8 Å². The molecule has 0 radical (unpaired) electrons. The van der Waals surface area contributed by atoms with Gasteiger partial charge in [0.2, 0.25) is 0 Å². The molecule has 4 nitrogen and oxygen atoms in total. The van der Waals surface area contributed by atoms with Crippen molar-refractivity contribution in [2.45, 2.75) is 19.6 Å². The largest absolute Gasteiger partial charge is 0.376 e. The van der Waals surface area contributed by atoms with E-state index in [4.69, 9.17) is 10.5 Å². The molecule has 0 spiro atoms. The van der Waals surface area contributed by atoms with Crippen LogP contribution in [0.2, 0.25) is 0 Å². The molecule has 18 heavy (non-hydrogen) atoms. The first-order chi connectivity index (χ1) is 8.88. The predicted octanol–water partition coefficient (Wildman–Crippen LogP) is 1.69. The van der Waals surface area contributed by atoms with Gasteiger partial charge in [0, 0.05) is 31.1 Å². The predicted molar refractivity (Wildman–Crippen MR) is 69.7 cm³/mol. The van der Waals surface area contributed by atoms with Crippen molar-refractivity contribution in [2.24, 2.45) is 5.73 Å². The van der Waals surface area contributed by atoms with E-state index < -0.39 is 0 Å². The number of hydrogen-bond acceptors (Lipinski definition) is 4. The first-order valence-corrected chi connectivity index (χ1v) is 6.00. The number of nitrogens with zero attached hydrogens (tertiary/aromatic N) is 2. The molecule has 94 valence electrons. The van der Waals surface area contributed by atoms with Gasteiger partial charge in [0.25, 0.3) is 0 Å². The van der Waals surface area contributed by atoms with Crippen molar-refractivity contribution in [3.05, 3.63) is 59.7 Å². The fraction of sp³-hybridized carbons (Fsp3) is 0.286. The lowest BCUT2D eigenvalue weighted by Crippen LogP contribution is -2.03. The quantitative estimate of drug-likeness (QED) is 0.784. The molecule has 0 unspecified atom stereocenters. The topological polar surface area (TPSA) is 61.0 Å². The van der Waals surface area contributed by atoms with E-state index in [0.29, 0.717) is 19.8 Å². The molecule has 0 saturated carbocycles. The van der Waals surface area contributed by atoms with Gasteiger partial charge in [-0.1, -0.05) is 6.07 Å². The number of hydrogen-bond donors (Lipinski definition) is 1. The average Bonchev–Trinajstić information content (AvgIpc) is 2.45. The Hall–Kier alpha value is -1.78. The molecule has 0 bridgehead atoms. The second-order valence-electron chi connectivity index (χ2n) is 3.98. The maximum atomic E-state index is 5.61. The molecule has 0 aliphatic rings. The molecule has 0 aliphatic heterocycles. The summed E-state index contributed by atoms with van der Waals surface area (Å²) >= 11 is 0. The third-order valence-electron chi connectivity index (χ3n) is 2.59. The van der Waals surface area contributed by atoms with E-state index in [1.54, 1.807) is 12.4 Å². The van der Waals surface area contributed by atoms with Crippen LogP contribution in [0.3, 0.4) is 0 Å². The SMILES string of the molecule is NCc1cc(COCCc2ccccn2)ccn1. The summed E-state index contributed by atoms with van der Waals surface area (Å²) in [6, 6.07) is 9.82. The highest BCUT2D eigenvalue weighted by molar-refractivity contribution is 5.15. The maximum Gasteiger partial charge on any atom is 0.0718 e. The third kappa shape index (κ3) is 3.91. The Morgan fingerprint density at radius 1 is 1.06 bits per heavy atom. The van der Waals surface area contributed by atoms with E-state index in [0.717, 1.165) is 23.4 Å². The fourth-order valence-corrected chi connectivity index (χ4v) is 1.64. The minimum atomic E-state index is 0.460. The van der Waals surface area contributed by atoms with Gasteiger partial charge in [-0.2, -0.15) is 0 Å². The van der Waals surface area contributed by atoms with Crippen LogP contribution in [0.1, 0.15) is 17.0 Å². The second-order valence-corrected chi connectivity index (χ2v) is 3.98. The van der Waals surface area contributed by atoms with Crippen LogP contribution in [-0.2, 0) is 24.3 Å². The summed E-state index contributed by atoms with van der Waals surface area (Å²) in [5, 5.41) is 0. The van der Waals surface area contributed by atoms with Gasteiger partial charge in [0.05, 0.1) is 18.9 Å². The smallest absolute Gasteiger partial charge is 0.0718 e. The number of aromatic nitrogens is 2. The third-order valence-corrected chi connectivity index (χ3v) is 2.59. The van der Waals surface area contributed by atoms with E-state index in [-0.39, 0.29) is 0 Å². The maximum absolute atomic E-state index is 5.61. The lowest BCUT2D eigenvalue weighted by atomic mass is 10.2. The fourth-order valence-electron chi connectivity index (χ4n) is 1.64. The van der Waals surface area contributed by atoms with E-state index in [2.05, 4.69) is 9.97 Å². The highest BCUT2D eigenvalue weighted by Gasteiger charge is 1.97. The van der Waals surface area contributed by atoms with Gasteiger partial charge >= 0.3 is 0 Å². The Labute approximate surface area is 107 Å². The van der Waals surface area contributed by atoms with Crippen molar-refractivity contribution in [3.8, 4) is 0 Å². The lowest BCUT2D eigenvalue weighted by Gasteiger charge is -2.05. The highest BCUT2D eigenvalue weighted by atomic mass is 16.5. The van der Waals surface area contributed by atoms with Gasteiger partial charge in [-0.3, -0.25) is 9.97 Å². The summed E-state index contributed by atoms with van der Waals surface area (Å²) in [4.78, 5) is 8.39. The standard InChI is InChI=1S/C14H17N3O/c15-10-14-9-12(4-7-17-14)11-18-8-5-13-3-1-2-6-16-13/h1-4,6-7,9H,5,8,10-11,15H2. The van der Waals surface area contributed by atoms with Crippen molar-refractivity contribution < 1.29 is 4.74 Å². The molecule has 2 aromatic heterocycles. The molecule has 0 aliphatic carbocycles. The average molecular weight is 243 g/mol. The summed E-state index contributed by atoms with van der Waals surface area (Å²) < 4.78 is 5.61. The monoisotopic (exact) mass is 243 g/mol. The lowest BCUT2D eigenvalue weighted by molar-refractivity contribution is 0.123. The molecule has 2 rings (SSSR count). The van der Waals surface area contributed by atoms with E-state index >= 15 is 0 Å². The normalized spacial score (nSPS) is 10.5. The van der Waals surface area contributed by atoms with Crippen LogP contribution in [0.25, 0.3) is 0 Å². The number of nitrogens with two attached hydrogens (primary N) is 1. The Kier molecular flexibility index (Phi) is 4.81. The van der Waals surface area contributed by atoms with E-state index in [1.807, 2.05) is 30.3 Å². The van der Waals surface area contributed by atoms with Crippen molar-refractivity contribution in [1.82, 2.24) is 9.97 Å². The summed E-state index contributed by atoms with van der Waals surface area (Å²) in [5.41, 5.74) is 8.58. The van der Waals surface area contributed by atoms with Crippen LogP contribution in [0.4, 0.5) is 0 Å². The van der Waals surface area contributed by atoms with Crippen LogP contribution in [0.5, 0.6) is 0 Å². The number of rotatable bonds is 6. The van der Waals surface area contributed by atoms with E-state index in [9.17, 15) is 0 Å². The Morgan fingerprint density at radius 2 is 1.94 bits per heavy atom. The summed E-state index contributed by atoms with van der Waals surface area (Å²) in [6.07, 6.45) is 4.39. The molecule has 0 amide bonds. The molecule has 2 heterocycles. The minimum Gasteiger partial charge on any atom is -0.376 e. The Morgan fingerprint density at radius 3 is 2.72 bits per heavy atom. The van der Waals surface area contributed by atoms with Gasteiger partial charge < -0.3 is 10.5 Å². The van der Waals surface area contributed by atoms with Gasteiger partial charge in [-0.15, -0.1) is 0 Å². The molecule has 2 N–H and O–H groups in total. The Balaban J connectivity index is 1.75. The van der Waals surface area contributed by atoms with Crippen molar-refractivity contribution >= 4 is 0 Å². The molecular formula is C14H17N3O. The zero-order chi connectivity index (χ0) is 12.6. The molecule has 0 saturated heterocycles. The summed E-state index contributed by atoms with van der Waals surface area (Å²) in [7, 11) is 0. The molecule has 2 aromatic rings. The van der Waals surface area contributed by atoms with Crippen LogP contribution in [-0.4, -0.2) is 16.6 Å². The van der Waals surface area contributed by atoms with Crippen LogP contribution in [0, 0.1) is 0 Å². The molecular weight excluding hydrogens is 226 g/mol. The first-order valence-electron chi connectivity index (χ1n) is 6.00. The molecule has 0 aromatic carbocycles. The van der Waals surface area contributed by atoms with Crippen molar-refractivity contribution in [3.63, 3.8) is 0 Å². The zero-order valence-electron chi connectivity index (χ0n) is 10.2. The zero-order valence-corrected chi connectivity index (χ0v) is 10.2. The van der Waals surface area contributed by atoms with Crippen molar-refractivity contribution in [2.75, 3.05) is 6.61 Å². The van der Waals surface area contributed by atoms with Gasteiger partial charge in [0.1, 0.15) is 0 Å². The minimum absolute atomic E-state index is 0.460. The van der Waals surface area contributed by atoms with Gasteiger partial charge in [0.15, 0.2) is 0 Å². The number of ether oxygens (including phenoxy) is 1. The summed E-state index contributed by atoms with van der Waals surface area (Å²) in [6.45, 7) is 1.71. The van der Waals surface area contributed by atoms with Crippen molar-refractivity contribution in [1.29, 1.82) is 0 Å². The molecule has 0 fully saturated rings. The number of pyridine rings is 2. The Bertz CT molecular complexity index is 473. The second kappa shape index (κ2) is 6.83. The van der Waals surface area contributed by atoms with E-state index in [1.165, 1.54) is 0 Å². The molecule has 0 atom stereocenters. The van der Waals surface area contributed by atoms with Crippen LogP contribution < -0.4 is 5.73 Å².